The number of hydrogen-bond donors (Lipinski definition) is 4. The van der Waals surface area contributed by atoms with Crippen LogP contribution < -0.4 is 22.1 Å². The zero-order valence-corrected chi connectivity index (χ0v) is 19.3. The summed E-state index contributed by atoms with van der Waals surface area (Å²) in [5, 5.41) is 6.38. The van der Waals surface area contributed by atoms with Crippen LogP contribution in [-0.4, -0.2) is 28.9 Å². The van der Waals surface area contributed by atoms with Crippen molar-refractivity contribution in [2.45, 2.75) is 31.5 Å². The van der Waals surface area contributed by atoms with Crippen molar-refractivity contribution < 1.29 is 9.59 Å². The van der Waals surface area contributed by atoms with E-state index < -0.39 is 18.0 Å². The van der Waals surface area contributed by atoms with Crippen molar-refractivity contribution in [3.63, 3.8) is 0 Å². The molecular weight excluding hydrogens is 461 g/mol. The molecule has 0 spiro atoms. The van der Waals surface area contributed by atoms with Crippen LogP contribution in [-0.2, 0) is 29.0 Å². The molecule has 0 aliphatic heterocycles. The number of hydrogen-bond acceptors (Lipinski definition) is 5. The number of rotatable bonds is 9. The molecule has 0 aliphatic rings. The Morgan fingerprint density at radius 1 is 0.879 bits per heavy atom. The number of aromatic nitrogens is 1. The summed E-state index contributed by atoms with van der Waals surface area (Å²) < 4.78 is 0. The lowest BCUT2D eigenvalue weighted by Crippen LogP contribution is -2.52. The highest BCUT2D eigenvalue weighted by Gasteiger charge is 2.24. The number of nitrogens with one attached hydrogen (secondary N) is 2. The van der Waals surface area contributed by atoms with Crippen LogP contribution in [0.15, 0.2) is 66.9 Å². The van der Waals surface area contributed by atoms with Crippen LogP contribution >= 0.6 is 23.2 Å². The lowest BCUT2D eigenvalue weighted by Gasteiger charge is -2.21. The van der Waals surface area contributed by atoms with Crippen LogP contribution in [0.25, 0.3) is 0 Å². The third-order valence-electron chi connectivity index (χ3n) is 5.01. The fourth-order valence-electron chi connectivity index (χ4n) is 3.20. The molecule has 33 heavy (non-hydrogen) atoms. The average molecular weight is 486 g/mol. The fraction of sp³-hybridized carbons (Fsp3) is 0.208. The Morgan fingerprint density at radius 2 is 1.61 bits per heavy atom. The van der Waals surface area contributed by atoms with Crippen molar-refractivity contribution in [2.24, 2.45) is 5.73 Å². The second-order valence-electron chi connectivity index (χ2n) is 7.62. The molecular formula is C24H25Cl2N5O2. The number of carbonyl (C=O) groups is 2. The van der Waals surface area contributed by atoms with E-state index >= 15 is 0 Å². The Bertz CT molecular complexity index is 1090. The van der Waals surface area contributed by atoms with Crippen LogP contribution in [0.5, 0.6) is 0 Å². The van der Waals surface area contributed by atoms with Gasteiger partial charge in [0.05, 0.1) is 16.1 Å². The summed E-state index contributed by atoms with van der Waals surface area (Å²) in [5.74, 6) is -0.395. The third kappa shape index (κ3) is 7.46. The molecule has 2 amide bonds. The number of anilines is 1. The van der Waals surface area contributed by atoms with Crippen molar-refractivity contribution in [3.8, 4) is 0 Å². The lowest BCUT2D eigenvalue weighted by molar-refractivity contribution is -0.129. The van der Waals surface area contributed by atoms with Crippen LogP contribution in [0.1, 0.15) is 16.7 Å². The Balaban J connectivity index is 1.70. The van der Waals surface area contributed by atoms with Gasteiger partial charge >= 0.3 is 0 Å². The molecule has 172 valence electrons. The SMILES string of the molecule is Nc1ccc(CNC(=O)[C@H](Cc2ccc(Cl)c(Cl)c2)NC(=O)C(N)Cc2ccccc2)cn1. The van der Waals surface area contributed by atoms with Crippen molar-refractivity contribution in [1.29, 1.82) is 0 Å². The first-order valence-corrected chi connectivity index (χ1v) is 11.1. The van der Waals surface area contributed by atoms with Gasteiger partial charge in [0.15, 0.2) is 0 Å². The number of benzene rings is 2. The summed E-state index contributed by atoms with van der Waals surface area (Å²) in [4.78, 5) is 29.8. The van der Waals surface area contributed by atoms with E-state index in [-0.39, 0.29) is 18.9 Å². The van der Waals surface area contributed by atoms with E-state index in [0.717, 1.165) is 16.7 Å². The predicted octanol–water partition coefficient (Wildman–Crippen LogP) is 2.88. The van der Waals surface area contributed by atoms with Gasteiger partial charge in [-0.15, -0.1) is 0 Å². The average Bonchev–Trinajstić information content (AvgIpc) is 2.81. The minimum atomic E-state index is -0.863. The van der Waals surface area contributed by atoms with Gasteiger partial charge in [0.2, 0.25) is 11.8 Å². The summed E-state index contributed by atoms with van der Waals surface area (Å²) in [5.41, 5.74) is 14.2. The maximum Gasteiger partial charge on any atom is 0.243 e. The number of pyridine rings is 1. The summed E-state index contributed by atoms with van der Waals surface area (Å²) in [6, 6.07) is 16.3. The van der Waals surface area contributed by atoms with Gasteiger partial charge in [0.25, 0.3) is 0 Å². The molecule has 1 unspecified atom stereocenters. The molecule has 3 aromatic rings. The molecule has 0 saturated carbocycles. The molecule has 2 aromatic carbocycles. The van der Waals surface area contributed by atoms with Crippen molar-refractivity contribution in [2.75, 3.05) is 5.73 Å². The highest BCUT2D eigenvalue weighted by Crippen LogP contribution is 2.23. The zero-order chi connectivity index (χ0) is 23.8. The first-order chi connectivity index (χ1) is 15.8. The van der Waals surface area contributed by atoms with Crippen molar-refractivity contribution in [3.05, 3.63) is 93.6 Å². The fourth-order valence-corrected chi connectivity index (χ4v) is 3.52. The van der Waals surface area contributed by atoms with Gasteiger partial charge in [-0.1, -0.05) is 65.7 Å². The number of nitrogens with zero attached hydrogens (tertiary/aromatic N) is 1. The molecule has 6 N–H and O–H groups in total. The van der Waals surface area contributed by atoms with E-state index in [4.69, 9.17) is 34.7 Å². The highest BCUT2D eigenvalue weighted by atomic mass is 35.5. The molecule has 0 saturated heterocycles. The Morgan fingerprint density at radius 3 is 2.27 bits per heavy atom. The zero-order valence-electron chi connectivity index (χ0n) is 17.8. The highest BCUT2D eigenvalue weighted by molar-refractivity contribution is 6.42. The standard InChI is InChI=1S/C24H25Cl2N5O2/c25-18-8-6-16(10-19(18)26)12-21(24(33)30-14-17-7-9-22(28)29-13-17)31-23(32)20(27)11-15-4-2-1-3-5-15/h1-10,13,20-21H,11-12,14,27H2,(H2,28,29)(H,30,33)(H,31,32)/t20?,21-/m0/s1. The molecule has 1 aromatic heterocycles. The Kier molecular flexibility index (Phi) is 8.65. The molecule has 0 radical (unpaired) electrons. The summed E-state index contributed by atoms with van der Waals surface area (Å²) in [7, 11) is 0. The van der Waals surface area contributed by atoms with E-state index in [1.165, 1.54) is 0 Å². The monoisotopic (exact) mass is 485 g/mol. The minimum Gasteiger partial charge on any atom is -0.384 e. The molecule has 7 nitrogen and oxygen atoms in total. The molecule has 1 heterocycles. The first-order valence-electron chi connectivity index (χ1n) is 10.3. The molecule has 0 bridgehead atoms. The number of nitrogens with two attached hydrogens (primary N) is 2. The minimum absolute atomic E-state index is 0.215. The number of amides is 2. The summed E-state index contributed by atoms with van der Waals surface area (Å²) in [6.07, 6.45) is 2.15. The summed E-state index contributed by atoms with van der Waals surface area (Å²) >= 11 is 12.1. The third-order valence-corrected chi connectivity index (χ3v) is 5.75. The summed E-state index contributed by atoms with van der Waals surface area (Å²) in [6.45, 7) is 0.232. The molecule has 0 aliphatic carbocycles. The van der Waals surface area contributed by atoms with E-state index in [9.17, 15) is 9.59 Å². The number of carbonyl (C=O) groups excluding carboxylic acids is 2. The quantitative estimate of drug-likeness (QED) is 0.371. The lowest BCUT2D eigenvalue weighted by atomic mass is 10.0. The van der Waals surface area contributed by atoms with Crippen LogP contribution in [0.3, 0.4) is 0 Å². The second kappa shape index (κ2) is 11.7. The normalized spacial score (nSPS) is 12.6. The number of nitrogen functional groups attached to an aromatic ring is 1. The van der Waals surface area contributed by atoms with Gasteiger partial charge in [0, 0.05) is 19.2 Å². The van der Waals surface area contributed by atoms with E-state index in [1.54, 1.807) is 36.5 Å². The maximum atomic E-state index is 13.0. The smallest absolute Gasteiger partial charge is 0.243 e. The van der Waals surface area contributed by atoms with Gasteiger partial charge in [0.1, 0.15) is 11.9 Å². The van der Waals surface area contributed by atoms with Gasteiger partial charge in [-0.05, 0) is 41.3 Å². The van der Waals surface area contributed by atoms with Gasteiger partial charge in [-0.3, -0.25) is 9.59 Å². The van der Waals surface area contributed by atoms with Gasteiger partial charge in [-0.2, -0.15) is 0 Å². The van der Waals surface area contributed by atoms with Crippen LogP contribution in [0, 0.1) is 0 Å². The number of halogens is 2. The molecule has 2 atom stereocenters. The van der Waals surface area contributed by atoms with E-state index in [1.807, 2.05) is 30.3 Å². The topological polar surface area (TPSA) is 123 Å². The van der Waals surface area contributed by atoms with Crippen molar-refractivity contribution in [1.82, 2.24) is 15.6 Å². The molecule has 3 rings (SSSR count). The predicted molar refractivity (Wildman–Crippen MR) is 131 cm³/mol. The molecule has 0 fully saturated rings. The second-order valence-corrected chi connectivity index (χ2v) is 8.43. The maximum absolute atomic E-state index is 13.0. The van der Waals surface area contributed by atoms with E-state index in [2.05, 4.69) is 15.6 Å². The largest absolute Gasteiger partial charge is 0.384 e. The Hall–Kier alpha value is -3.13. The van der Waals surface area contributed by atoms with Crippen molar-refractivity contribution >= 4 is 40.8 Å². The van der Waals surface area contributed by atoms with Gasteiger partial charge < -0.3 is 22.1 Å². The van der Waals surface area contributed by atoms with Gasteiger partial charge in [-0.25, -0.2) is 4.98 Å². The van der Waals surface area contributed by atoms with Crippen LogP contribution in [0.2, 0.25) is 10.0 Å². The Labute approximate surface area is 202 Å². The first kappa shape index (κ1) is 24.5. The molecule has 9 heteroatoms. The van der Waals surface area contributed by atoms with E-state index in [0.29, 0.717) is 22.3 Å². The van der Waals surface area contributed by atoms with Crippen LogP contribution in [0.4, 0.5) is 5.82 Å².